The predicted octanol–water partition coefficient (Wildman–Crippen LogP) is 4.30. The second-order valence-corrected chi connectivity index (χ2v) is 10.1. The summed E-state index contributed by atoms with van der Waals surface area (Å²) in [5, 5.41) is 25.9. The molecule has 0 spiro atoms. The van der Waals surface area contributed by atoms with Crippen LogP contribution in [0, 0.1) is 0 Å². The van der Waals surface area contributed by atoms with E-state index in [1.165, 1.54) is 23.1 Å². The van der Waals surface area contributed by atoms with Crippen molar-refractivity contribution in [1.82, 2.24) is 35.4 Å². The third kappa shape index (κ3) is 4.03. The number of benzene rings is 2. The molecule has 1 unspecified atom stereocenters. The maximum Gasteiger partial charge on any atom is 0.338 e. The minimum absolute atomic E-state index is 0.253. The minimum Gasteiger partial charge on any atom is -0.463 e. The molecule has 1 atom stereocenters. The summed E-state index contributed by atoms with van der Waals surface area (Å²) in [6.07, 6.45) is 1.90. The van der Waals surface area contributed by atoms with Gasteiger partial charge in [0, 0.05) is 39.7 Å². The van der Waals surface area contributed by atoms with Gasteiger partial charge in [0.15, 0.2) is 4.34 Å². The number of nitrogens with zero attached hydrogens (tertiary/aromatic N) is 6. The standard InChI is InChI=1S/C24H20N8O2S2/c1-2-34-22(33)19-18(13-35-24-29-27-21(36-24)14-8-4-3-5-9-14)26-23-28-30-31-32(23)20(19)16-12-25-17-11-7-6-10-15(16)17/h3-12,20,25H,2,13H2,1H3,(H,26,28,31). The van der Waals surface area contributed by atoms with Crippen LogP contribution in [-0.2, 0) is 9.53 Å². The van der Waals surface area contributed by atoms with Gasteiger partial charge in [0.05, 0.1) is 12.2 Å². The number of ether oxygens (including phenoxy) is 1. The molecule has 180 valence electrons. The summed E-state index contributed by atoms with van der Waals surface area (Å²) in [7, 11) is 0. The van der Waals surface area contributed by atoms with Crippen molar-refractivity contribution in [3.8, 4) is 10.6 Å². The minimum atomic E-state index is -0.559. The first-order chi connectivity index (χ1) is 17.7. The second kappa shape index (κ2) is 9.55. The molecule has 2 aromatic carbocycles. The third-order valence-electron chi connectivity index (χ3n) is 5.78. The molecule has 0 amide bonds. The Morgan fingerprint density at radius 2 is 1.94 bits per heavy atom. The number of rotatable bonds is 7. The van der Waals surface area contributed by atoms with E-state index in [4.69, 9.17) is 4.74 Å². The monoisotopic (exact) mass is 516 g/mol. The van der Waals surface area contributed by atoms with Crippen LogP contribution < -0.4 is 5.32 Å². The Balaban J connectivity index is 1.39. The molecular formula is C24H20N8O2S2. The van der Waals surface area contributed by atoms with E-state index >= 15 is 0 Å². The summed E-state index contributed by atoms with van der Waals surface area (Å²) in [5.41, 5.74) is 3.99. The molecule has 2 N–H and O–H groups in total. The molecule has 3 aromatic heterocycles. The molecular weight excluding hydrogens is 496 g/mol. The number of thioether (sulfide) groups is 1. The Hall–Kier alpha value is -4.03. The second-order valence-electron chi connectivity index (χ2n) is 7.90. The van der Waals surface area contributed by atoms with Crippen LogP contribution in [0.3, 0.4) is 0 Å². The normalized spacial score (nSPS) is 15.1. The quantitative estimate of drug-likeness (QED) is 0.241. The van der Waals surface area contributed by atoms with Crippen LogP contribution in [0.2, 0.25) is 0 Å². The lowest BCUT2D eigenvalue weighted by Gasteiger charge is -2.28. The van der Waals surface area contributed by atoms with Gasteiger partial charge in [0.1, 0.15) is 11.0 Å². The highest BCUT2D eigenvalue weighted by molar-refractivity contribution is 8.01. The Morgan fingerprint density at radius 3 is 2.81 bits per heavy atom. The van der Waals surface area contributed by atoms with E-state index in [0.29, 0.717) is 23.0 Å². The van der Waals surface area contributed by atoms with Gasteiger partial charge < -0.3 is 15.0 Å². The van der Waals surface area contributed by atoms with Crippen molar-refractivity contribution in [2.75, 3.05) is 17.7 Å². The number of hydrogen-bond donors (Lipinski definition) is 2. The number of carbonyl (C=O) groups is 1. The third-order valence-corrected chi connectivity index (χ3v) is 7.91. The first-order valence-corrected chi connectivity index (χ1v) is 13.1. The maximum absolute atomic E-state index is 13.3. The molecule has 0 aliphatic carbocycles. The highest BCUT2D eigenvalue weighted by atomic mass is 32.2. The number of aromatic nitrogens is 7. The summed E-state index contributed by atoms with van der Waals surface area (Å²) in [6, 6.07) is 17.3. The molecule has 1 aliphatic heterocycles. The van der Waals surface area contributed by atoms with Gasteiger partial charge in [-0.15, -0.1) is 10.2 Å². The molecule has 4 heterocycles. The highest BCUT2D eigenvalue weighted by Crippen LogP contribution is 2.40. The molecule has 0 saturated carbocycles. The molecule has 0 fully saturated rings. The summed E-state index contributed by atoms with van der Waals surface area (Å²) in [5.74, 6) is 0.471. The molecule has 1 aliphatic rings. The Morgan fingerprint density at radius 1 is 1.11 bits per heavy atom. The van der Waals surface area contributed by atoms with E-state index in [2.05, 4.69) is 36.0 Å². The van der Waals surface area contributed by atoms with Crippen molar-refractivity contribution in [3.05, 3.63) is 77.6 Å². The Kier molecular flexibility index (Phi) is 5.95. The summed E-state index contributed by atoms with van der Waals surface area (Å²) >= 11 is 3.00. The molecule has 6 rings (SSSR count). The number of H-pyrrole nitrogens is 1. The van der Waals surface area contributed by atoms with Gasteiger partial charge in [-0.2, -0.15) is 4.68 Å². The first-order valence-electron chi connectivity index (χ1n) is 11.3. The number of carbonyl (C=O) groups excluding carboxylic acids is 1. The lowest BCUT2D eigenvalue weighted by Crippen LogP contribution is -2.31. The number of esters is 1. The van der Waals surface area contributed by atoms with E-state index in [1.54, 1.807) is 11.6 Å². The average Bonchev–Trinajstić information content (AvgIpc) is 3.67. The first kappa shape index (κ1) is 22.4. The number of aromatic amines is 1. The smallest absolute Gasteiger partial charge is 0.338 e. The van der Waals surface area contributed by atoms with Crippen molar-refractivity contribution in [3.63, 3.8) is 0 Å². The van der Waals surface area contributed by atoms with Gasteiger partial charge in [-0.25, -0.2) is 4.79 Å². The maximum atomic E-state index is 13.3. The van der Waals surface area contributed by atoms with Gasteiger partial charge in [-0.1, -0.05) is 76.7 Å². The topological polar surface area (TPSA) is 124 Å². The van der Waals surface area contributed by atoms with Crippen LogP contribution in [0.25, 0.3) is 21.5 Å². The van der Waals surface area contributed by atoms with E-state index in [0.717, 1.165) is 31.4 Å². The Bertz CT molecular complexity index is 1570. The average molecular weight is 517 g/mol. The van der Waals surface area contributed by atoms with Gasteiger partial charge in [-0.05, 0) is 23.4 Å². The number of anilines is 1. The predicted molar refractivity (Wildman–Crippen MR) is 138 cm³/mol. The van der Waals surface area contributed by atoms with Gasteiger partial charge in [0.25, 0.3) is 0 Å². The van der Waals surface area contributed by atoms with E-state index in [1.807, 2.05) is 60.8 Å². The fourth-order valence-corrected chi connectivity index (χ4v) is 6.03. The summed E-state index contributed by atoms with van der Waals surface area (Å²) in [6.45, 7) is 2.04. The summed E-state index contributed by atoms with van der Waals surface area (Å²) < 4.78 is 7.91. The zero-order chi connectivity index (χ0) is 24.5. The van der Waals surface area contributed by atoms with Crippen molar-refractivity contribution in [1.29, 1.82) is 0 Å². The van der Waals surface area contributed by atoms with Crippen molar-refractivity contribution in [2.24, 2.45) is 0 Å². The van der Waals surface area contributed by atoms with Crippen LogP contribution in [0.4, 0.5) is 5.95 Å². The van der Waals surface area contributed by atoms with Crippen molar-refractivity contribution >= 4 is 45.9 Å². The van der Waals surface area contributed by atoms with Crippen molar-refractivity contribution < 1.29 is 9.53 Å². The summed E-state index contributed by atoms with van der Waals surface area (Å²) in [4.78, 5) is 16.6. The van der Waals surface area contributed by atoms with E-state index in [9.17, 15) is 4.79 Å². The number of nitrogens with one attached hydrogen (secondary N) is 2. The molecule has 36 heavy (non-hydrogen) atoms. The van der Waals surface area contributed by atoms with Crippen LogP contribution in [-0.4, -0.2) is 53.7 Å². The fraction of sp³-hybridized carbons (Fsp3) is 0.167. The van der Waals surface area contributed by atoms with Crippen molar-refractivity contribution in [2.45, 2.75) is 17.3 Å². The molecule has 0 bridgehead atoms. The SMILES string of the molecule is CCOC(=O)C1=C(CSc2nnc(-c3ccccc3)s2)Nc2nnnn2C1c1c[nH]c2ccccc12. The lowest BCUT2D eigenvalue weighted by molar-refractivity contribution is -0.139. The molecule has 5 aromatic rings. The van der Waals surface area contributed by atoms with Gasteiger partial charge in [0.2, 0.25) is 5.95 Å². The molecule has 12 heteroatoms. The lowest BCUT2D eigenvalue weighted by atomic mass is 9.95. The fourth-order valence-electron chi connectivity index (χ4n) is 4.20. The number of hydrogen-bond acceptors (Lipinski definition) is 10. The number of tetrazole rings is 1. The van der Waals surface area contributed by atoms with Gasteiger partial charge in [-0.3, -0.25) is 0 Å². The van der Waals surface area contributed by atoms with Gasteiger partial charge >= 0.3 is 5.97 Å². The van der Waals surface area contributed by atoms with Crippen LogP contribution in [0.15, 0.2) is 76.4 Å². The van der Waals surface area contributed by atoms with Crippen LogP contribution in [0.1, 0.15) is 18.5 Å². The van der Waals surface area contributed by atoms with Crippen LogP contribution in [0.5, 0.6) is 0 Å². The molecule has 0 radical (unpaired) electrons. The zero-order valence-corrected chi connectivity index (χ0v) is 20.7. The number of para-hydroxylation sites is 1. The number of fused-ring (bicyclic) bond motifs is 2. The highest BCUT2D eigenvalue weighted by Gasteiger charge is 2.37. The van der Waals surface area contributed by atoms with E-state index < -0.39 is 12.0 Å². The molecule has 10 nitrogen and oxygen atoms in total. The molecule has 0 saturated heterocycles. The van der Waals surface area contributed by atoms with E-state index in [-0.39, 0.29) is 6.61 Å². The zero-order valence-electron chi connectivity index (χ0n) is 19.1. The largest absolute Gasteiger partial charge is 0.463 e. The Labute approximate surface area is 213 Å². The van der Waals surface area contributed by atoms with Crippen LogP contribution >= 0.6 is 23.1 Å².